The molecule has 0 radical (unpaired) electrons. The Morgan fingerprint density at radius 3 is 2.88 bits per heavy atom. The van der Waals surface area contributed by atoms with Gasteiger partial charge >= 0.3 is 0 Å². The summed E-state index contributed by atoms with van der Waals surface area (Å²) in [6.45, 7) is 4.05. The topological polar surface area (TPSA) is 41.9 Å². The van der Waals surface area contributed by atoms with Crippen molar-refractivity contribution in [1.82, 2.24) is 14.9 Å². The van der Waals surface area contributed by atoms with Crippen LogP contribution in [0.15, 0.2) is 18.2 Å². The van der Waals surface area contributed by atoms with Crippen LogP contribution in [0, 0.1) is 6.92 Å². The van der Waals surface area contributed by atoms with Crippen LogP contribution in [0.4, 0.5) is 5.69 Å². The molecular formula is C13H20N4. The maximum Gasteiger partial charge on any atom is 0.106 e. The first-order chi connectivity index (χ1) is 8.22. The summed E-state index contributed by atoms with van der Waals surface area (Å²) in [5.41, 5.74) is 3.39. The molecule has 0 amide bonds. The lowest BCUT2D eigenvalue weighted by molar-refractivity contribution is 0.748. The predicted octanol–water partition coefficient (Wildman–Crippen LogP) is 1.90. The summed E-state index contributed by atoms with van der Waals surface area (Å²) >= 11 is 0. The fraction of sp³-hybridized carbons (Fsp3) is 0.462. The van der Waals surface area contributed by atoms with E-state index < -0.39 is 0 Å². The molecule has 4 nitrogen and oxygen atoms in total. The molecule has 2 aromatic rings. The highest BCUT2D eigenvalue weighted by Gasteiger charge is 2.04. The van der Waals surface area contributed by atoms with Gasteiger partial charge < -0.3 is 15.2 Å². The number of benzene rings is 1. The van der Waals surface area contributed by atoms with E-state index in [1.807, 2.05) is 21.0 Å². The highest BCUT2D eigenvalue weighted by Crippen LogP contribution is 2.19. The Hall–Kier alpha value is -1.55. The first-order valence-electron chi connectivity index (χ1n) is 6.04. The minimum Gasteiger partial charge on any atom is -0.385 e. The van der Waals surface area contributed by atoms with Crippen LogP contribution in [0.25, 0.3) is 11.0 Å². The Kier molecular flexibility index (Phi) is 3.64. The average Bonchev–Trinajstić information content (AvgIpc) is 2.61. The number of nitrogens with one attached hydrogen (secondary N) is 2. The fourth-order valence-electron chi connectivity index (χ4n) is 1.93. The zero-order chi connectivity index (χ0) is 12.3. The zero-order valence-electron chi connectivity index (χ0n) is 10.7. The van der Waals surface area contributed by atoms with E-state index in [1.165, 1.54) is 5.52 Å². The van der Waals surface area contributed by atoms with Crippen molar-refractivity contribution in [3.05, 3.63) is 24.0 Å². The van der Waals surface area contributed by atoms with Crippen LogP contribution in [0.3, 0.4) is 0 Å². The number of fused-ring (bicyclic) bond motifs is 1. The van der Waals surface area contributed by atoms with E-state index in [2.05, 4.69) is 38.4 Å². The predicted molar refractivity (Wildman–Crippen MR) is 72.5 cm³/mol. The molecule has 1 heterocycles. The molecule has 0 saturated carbocycles. The lowest BCUT2D eigenvalue weighted by atomic mass is 10.2. The lowest BCUT2D eigenvalue weighted by Crippen LogP contribution is -2.12. The summed E-state index contributed by atoms with van der Waals surface area (Å²) in [5, 5.41) is 6.55. The summed E-state index contributed by atoms with van der Waals surface area (Å²) in [5.74, 6) is 1.05. The molecule has 0 aliphatic heterocycles. The van der Waals surface area contributed by atoms with Gasteiger partial charge in [0.1, 0.15) is 5.82 Å². The van der Waals surface area contributed by atoms with E-state index in [4.69, 9.17) is 0 Å². The molecule has 0 aliphatic rings. The molecule has 0 bridgehead atoms. The minimum absolute atomic E-state index is 0.984. The number of imidazole rings is 1. The molecule has 0 spiro atoms. The Morgan fingerprint density at radius 2 is 2.12 bits per heavy atom. The molecule has 92 valence electrons. The van der Waals surface area contributed by atoms with Crippen LogP contribution in [0.1, 0.15) is 12.2 Å². The third kappa shape index (κ3) is 2.58. The number of hydrogen-bond acceptors (Lipinski definition) is 3. The second kappa shape index (κ2) is 5.19. The Labute approximate surface area is 102 Å². The number of anilines is 1. The van der Waals surface area contributed by atoms with Gasteiger partial charge in [-0.3, -0.25) is 0 Å². The van der Waals surface area contributed by atoms with Crippen molar-refractivity contribution in [3.8, 4) is 0 Å². The molecule has 0 aliphatic carbocycles. The van der Waals surface area contributed by atoms with Gasteiger partial charge in [-0.1, -0.05) is 0 Å². The first kappa shape index (κ1) is 11.9. The third-order valence-corrected chi connectivity index (χ3v) is 3.04. The second-order valence-electron chi connectivity index (χ2n) is 4.31. The standard InChI is InChI=1S/C13H20N4/c1-10-16-12-9-11(15-8-4-7-14-2)5-6-13(12)17(10)3/h5-6,9,14-15H,4,7-8H2,1-3H3. The van der Waals surface area contributed by atoms with Crippen molar-refractivity contribution in [2.45, 2.75) is 13.3 Å². The number of rotatable bonds is 5. The van der Waals surface area contributed by atoms with Crippen LogP contribution in [-0.2, 0) is 7.05 Å². The molecule has 2 rings (SSSR count). The third-order valence-electron chi connectivity index (χ3n) is 3.04. The van der Waals surface area contributed by atoms with Gasteiger partial charge in [0.2, 0.25) is 0 Å². The van der Waals surface area contributed by atoms with E-state index in [0.717, 1.165) is 36.5 Å². The highest BCUT2D eigenvalue weighted by molar-refractivity contribution is 5.80. The molecule has 1 aromatic carbocycles. The van der Waals surface area contributed by atoms with Gasteiger partial charge in [-0.05, 0) is 45.1 Å². The summed E-state index contributed by atoms with van der Waals surface area (Å²) in [6.07, 6.45) is 1.12. The molecule has 0 fully saturated rings. The molecule has 4 heteroatoms. The highest BCUT2D eigenvalue weighted by atomic mass is 15.0. The molecular weight excluding hydrogens is 212 g/mol. The van der Waals surface area contributed by atoms with E-state index in [1.54, 1.807) is 0 Å². The second-order valence-corrected chi connectivity index (χ2v) is 4.31. The van der Waals surface area contributed by atoms with Crippen molar-refractivity contribution in [3.63, 3.8) is 0 Å². The summed E-state index contributed by atoms with van der Waals surface area (Å²) in [7, 11) is 4.02. The van der Waals surface area contributed by atoms with Gasteiger partial charge in [-0.25, -0.2) is 4.98 Å². The molecule has 0 saturated heterocycles. The van der Waals surface area contributed by atoms with Crippen molar-refractivity contribution < 1.29 is 0 Å². The van der Waals surface area contributed by atoms with E-state index in [9.17, 15) is 0 Å². The van der Waals surface area contributed by atoms with Crippen molar-refractivity contribution in [2.24, 2.45) is 7.05 Å². The monoisotopic (exact) mass is 232 g/mol. The van der Waals surface area contributed by atoms with Crippen molar-refractivity contribution in [2.75, 3.05) is 25.5 Å². The van der Waals surface area contributed by atoms with Crippen LogP contribution < -0.4 is 10.6 Å². The van der Waals surface area contributed by atoms with Gasteiger partial charge in [0.05, 0.1) is 11.0 Å². The first-order valence-corrected chi connectivity index (χ1v) is 6.04. The number of hydrogen-bond donors (Lipinski definition) is 2. The lowest BCUT2D eigenvalue weighted by Gasteiger charge is -2.06. The van der Waals surface area contributed by atoms with Crippen LogP contribution in [0.2, 0.25) is 0 Å². The number of aryl methyl sites for hydroxylation is 2. The fourth-order valence-corrected chi connectivity index (χ4v) is 1.93. The van der Waals surface area contributed by atoms with E-state index in [0.29, 0.717) is 0 Å². The van der Waals surface area contributed by atoms with Crippen molar-refractivity contribution >= 4 is 16.7 Å². The summed E-state index contributed by atoms with van der Waals surface area (Å²) in [4.78, 5) is 4.53. The maximum atomic E-state index is 4.53. The number of nitrogens with zero attached hydrogens (tertiary/aromatic N) is 2. The Balaban J connectivity index is 2.09. The molecule has 0 unspecified atom stereocenters. The van der Waals surface area contributed by atoms with Gasteiger partial charge in [0.25, 0.3) is 0 Å². The van der Waals surface area contributed by atoms with E-state index in [-0.39, 0.29) is 0 Å². The molecule has 17 heavy (non-hydrogen) atoms. The van der Waals surface area contributed by atoms with Gasteiger partial charge in [0, 0.05) is 19.3 Å². The Bertz CT molecular complexity index is 501. The van der Waals surface area contributed by atoms with Crippen molar-refractivity contribution in [1.29, 1.82) is 0 Å². The van der Waals surface area contributed by atoms with Crippen LogP contribution in [0.5, 0.6) is 0 Å². The maximum absolute atomic E-state index is 4.53. The summed E-state index contributed by atoms with van der Waals surface area (Å²) < 4.78 is 2.11. The van der Waals surface area contributed by atoms with Crippen LogP contribution >= 0.6 is 0 Å². The van der Waals surface area contributed by atoms with Gasteiger partial charge in [-0.2, -0.15) is 0 Å². The van der Waals surface area contributed by atoms with E-state index >= 15 is 0 Å². The molecule has 2 N–H and O–H groups in total. The normalized spacial score (nSPS) is 11.0. The largest absolute Gasteiger partial charge is 0.385 e. The van der Waals surface area contributed by atoms with Gasteiger partial charge in [0.15, 0.2) is 0 Å². The average molecular weight is 232 g/mol. The molecule has 1 aromatic heterocycles. The summed E-state index contributed by atoms with van der Waals surface area (Å²) in [6, 6.07) is 6.35. The van der Waals surface area contributed by atoms with Crippen LogP contribution in [-0.4, -0.2) is 29.7 Å². The zero-order valence-corrected chi connectivity index (χ0v) is 10.7. The minimum atomic E-state index is 0.984. The molecule has 0 atom stereocenters. The Morgan fingerprint density at radius 1 is 1.29 bits per heavy atom. The van der Waals surface area contributed by atoms with Gasteiger partial charge in [-0.15, -0.1) is 0 Å². The quantitative estimate of drug-likeness (QED) is 0.774. The smallest absolute Gasteiger partial charge is 0.106 e. The number of aromatic nitrogens is 2. The SMILES string of the molecule is CNCCCNc1ccc2c(c1)nc(C)n2C.